The zero-order valence-electron chi connectivity index (χ0n) is 9.75. The summed E-state index contributed by atoms with van der Waals surface area (Å²) < 4.78 is 4.71. The first-order valence-electron chi connectivity index (χ1n) is 5.08. The van der Waals surface area contributed by atoms with Crippen LogP contribution in [0, 0.1) is 11.3 Å². The van der Waals surface area contributed by atoms with E-state index in [-0.39, 0.29) is 17.7 Å². The average Bonchev–Trinajstić information content (AvgIpc) is 2.31. The first-order valence-corrected chi connectivity index (χ1v) is 5.08. The highest BCUT2D eigenvalue weighted by Crippen LogP contribution is 2.20. The number of carbonyl (C=O) groups is 1. The van der Waals surface area contributed by atoms with Gasteiger partial charge in [-0.05, 0) is 24.6 Å². The SMILES string of the molecule is C[C@](N)(Cc1ccc(O[B]O)cc1C#N)C(=O)O. The molecule has 0 bridgehead atoms. The third-order valence-electron chi connectivity index (χ3n) is 2.44. The van der Waals surface area contributed by atoms with Crippen molar-refractivity contribution < 1.29 is 19.6 Å². The minimum absolute atomic E-state index is 0.0222. The van der Waals surface area contributed by atoms with Crippen molar-refractivity contribution in [3.63, 3.8) is 0 Å². The lowest BCUT2D eigenvalue weighted by Gasteiger charge is -2.19. The summed E-state index contributed by atoms with van der Waals surface area (Å²) in [5.41, 5.74) is 4.94. The van der Waals surface area contributed by atoms with E-state index >= 15 is 0 Å². The van der Waals surface area contributed by atoms with Crippen LogP contribution in [0.5, 0.6) is 5.75 Å². The lowest BCUT2D eigenvalue weighted by Crippen LogP contribution is -2.46. The van der Waals surface area contributed by atoms with Gasteiger partial charge in [0.1, 0.15) is 11.3 Å². The fourth-order valence-electron chi connectivity index (χ4n) is 1.42. The molecule has 4 N–H and O–H groups in total. The van der Waals surface area contributed by atoms with Gasteiger partial charge in [0.15, 0.2) is 0 Å². The highest BCUT2D eigenvalue weighted by molar-refractivity contribution is 6.17. The Morgan fingerprint density at radius 1 is 1.67 bits per heavy atom. The normalized spacial score (nSPS) is 13.2. The lowest BCUT2D eigenvalue weighted by atomic mass is 9.91. The summed E-state index contributed by atoms with van der Waals surface area (Å²) in [6.45, 7) is 1.38. The molecule has 0 aliphatic carbocycles. The van der Waals surface area contributed by atoms with Crippen LogP contribution in [0.25, 0.3) is 0 Å². The van der Waals surface area contributed by atoms with Crippen molar-refractivity contribution in [3.05, 3.63) is 29.3 Å². The number of nitrogens with two attached hydrogens (primary N) is 1. The maximum absolute atomic E-state index is 10.9. The summed E-state index contributed by atoms with van der Waals surface area (Å²) in [6, 6.07) is 6.40. The van der Waals surface area contributed by atoms with Crippen molar-refractivity contribution in [1.29, 1.82) is 5.26 Å². The van der Waals surface area contributed by atoms with Crippen molar-refractivity contribution in [2.75, 3.05) is 0 Å². The zero-order chi connectivity index (χ0) is 13.8. The second-order valence-electron chi connectivity index (χ2n) is 4.05. The van der Waals surface area contributed by atoms with E-state index in [4.69, 9.17) is 25.8 Å². The number of hydrogen-bond acceptors (Lipinski definition) is 5. The molecular formula is C11H12BN2O4. The molecule has 0 aliphatic rings. The van der Waals surface area contributed by atoms with E-state index < -0.39 is 11.5 Å². The van der Waals surface area contributed by atoms with Crippen LogP contribution in [0.2, 0.25) is 0 Å². The van der Waals surface area contributed by atoms with E-state index in [0.717, 1.165) is 0 Å². The smallest absolute Gasteiger partial charge is 0.537 e. The molecule has 0 heterocycles. The molecule has 0 fully saturated rings. The summed E-state index contributed by atoms with van der Waals surface area (Å²) in [7, 11) is 0.500. The third kappa shape index (κ3) is 3.23. The van der Waals surface area contributed by atoms with Crippen LogP contribution in [0.3, 0.4) is 0 Å². The molecule has 0 aromatic heterocycles. The predicted octanol–water partition coefficient (Wildman–Crippen LogP) is -0.192. The Labute approximate surface area is 105 Å². The Bertz CT molecular complexity index is 496. The van der Waals surface area contributed by atoms with Crippen LogP contribution in [-0.4, -0.2) is 29.3 Å². The molecule has 18 heavy (non-hydrogen) atoms. The van der Waals surface area contributed by atoms with E-state index in [9.17, 15) is 4.79 Å². The summed E-state index contributed by atoms with van der Waals surface area (Å²) >= 11 is 0. The van der Waals surface area contributed by atoms with Crippen LogP contribution in [-0.2, 0) is 11.2 Å². The average molecular weight is 247 g/mol. The standard InChI is InChI=1S/C11H12BN2O4/c1-11(14,10(15)16)5-7-2-3-9(18-12-17)4-8(7)6-13/h2-4,17H,5,14H2,1H3,(H,15,16)/t11-/m0/s1. The molecular weight excluding hydrogens is 235 g/mol. The second-order valence-corrected chi connectivity index (χ2v) is 4.05. The van der Waals surface area contributed by atoms with Gasteiger partial charge < -0.3 is 20.5 Å². The quantitative estimate of drug-likeness (QED) is 0.620. The first-order chi connectivity index (χ1) is 8.40. The fraction of sp³-hybridized carbons (Fsp3) is 0.273. The number of benzene rings is 1. The van der Waals surface area contributed by atoms with Gasteiger partial charge >= 0.3 is 13.7 Å². The minimum atomic E-state index is -1.45. The number of aliphatic carboxylic acids is 1. The van der Waals surface area contributed by atoms with Crippen LogP contribution >= 0.6 is 0 Å². The van der Waals surface area contributed by atoms with Gasteiger partial charge in [0.2, 0.25) is 0 Å². The first kappa shape index (κ1) is 14.0. The molecule has 6 nitrogen and oxygen atoms in total. The molecule has 0 saturated carbocycles. The highest BCUT2D eigenvalue weighted by atomic mass is 16.5. The van der Waals surface area contributed by atoms with Crippen LogP contribution in [0.15, 0.2) is 18.2 Å². The van der Waals surface area contributed by atoms with E-state index in [2.05, 4.69) is 0 Å². The van der Waals surface area contributed by atoms with Gasteiger partial charge in [0.25, 0.3) is 0 Å². The monoisotopic (exact) mass is 247 g/mol. The van der Waals surface area contributed by atoms with Gasteiger partial charge in [0.05, 0.1) is 11.6 Å². The number of nitriles is 1. The number of carboxylic acids is 1. The second kappa shape index (κ2) is 5.53. The van der Waals surface area contributed by atoms with Crippen LogP contribution in [0.1, 0.15) is 18.1 Å². The van der Waals surface area contributed by atoms with Crippen molar-refractivity contribution in [3.8, 4) is 11.8 Å². The van der Waals surface area contributed by atoms with Gasteiger partial charge in [-0.15, -0.1) is 0 Å². The minimum Gasteiger partial charge on any atom is -0.537 e. The number of carboxylic acid groups (broad SMARTS) is 1. The molecule has 0 saturated heterocycles. The number of nitrogens with zero attached hydrogens (tertiary/aromatic N) is 1. The molecule has 1 atom stereocenters. The molecule has 93 valence electrons. The Morgan fingerprint density at radius 3 is 2.83 bits per heavy atom. The highest BCUT2D eigenvalue weighted by Gasteiger charge is 2.29. The summed E-state index contributed by atoms with van der Waals surface area (Å²) in [6.07, 6.45) is 0.0222. The zero-order valence-corrected chi connectivity index (χ0v) is 9.75. The Kier molecular flexibility index (Phi) is 4.31. The van der Waals surface area contributed by atoms with Gasteiger partial charge in [-0.25, -0.2) is 0 Å². The van der Waals surface area contributed by atoms with E-state index in [0.29, 0.717) is 13.2 Å². The Morgan fingerprint density at radius 2 is 2.33 bits per heavy atom. The van der Waals surface area contributed by atoms with Crippen molar-refractivity contribution in [2.45, 2.75) is 18.9 Å². The molecule has 0 aliphatic heterocycles. The van der Waals surface area contributed by atoms with Gasteiger partial charge in [-0.3, -0.25) is 4.79 Å². The van der Waals surface area contributed by atoms with Gasteiger partial charge in [-0.2, -0.15) is 5.26 Å². The van der Waals surface area contributed by atoms with Crippen molar-refractivity contribution in [2.24, 2.45) is 5.73 Å². The van der Waals surface area contributed by atoms with Crippen molar-refractivity contribution >= 4 is 13.7 Å². The van der Waals surface area contributed by atoms with E-state index in [1.165, 1.54) is 19.1 Å². The lowest BCUT2D eigenvalue weighted by molar-refractivity contribution is -0.142. The van der Waals surface area contributed by atoms with Gasteiger partial charge in [-0.1, -0.05) is 6.07 Å². The molecule has 7 heteroatoms. The molecule has 1 aromatic rings. The Hall–Kier alpha value is -2.04. The predicted molar refractivity (Wildman–Crippen MR) is 63.7 cm³/mol. The maximum atomic E-state index is 10.9. The van der Waals surface area contributed by atoms with Crippen LogP contribution < -0.4 is 10.4 Å². The molecule has 1 rings (SSSR count). The fourth-order valence-corrected chi connectivity index (χ4v) is 1.42. The number of rotatable bonds is 5. The molecule has 1 aromatic carbocycles. The summed E-state index contributed by atoms with van der Waals surface area (Å²) in [5.74, 6) is -0.859. The Balaban J connectivity index is 3.04. The third-order valence-corrected chi connectivity index (χ3v) is 2.44. The molecule has 0 spiro atoms. The molecule has 1 radical (unpaired) electrons. The van der Waals surface area contributed by atoms with Crippen LogP contribution in [0.4, 0.5) is 0 Å². The van der Waals surface area contributed by atoms with E-state index in [1.54, 1.807) is 6.07 Å². The largest absolute Gasteiger partial charge is 0.569 e. The molecule has 0 unspecified atom stereocenters. The van der Waals surface area contributed by atoms with E-state index in [1.807, 2.05) is 6.07 Å². The summed E-state index contributed by atoms with van der Waals surface area (Å²) in [4.78, 5) is 10.9. The van der Waals surface area contributed by atoms with Gasteiger partial charge in [0, 0.05) is 6.42 Å². The summed E-state index contributed by atoms with van der Waals surface area (Å²) in [5, 5.41) is 26.4. The van der Waals surface area contributed by atoms with Crippen molar-refractivity contribution in [1.82, 2.24) is 0 Å². The maximum Gasteiger partial charge on any atom is 0.569 e. The topological polar surface area (TPSA) is 117 Å². The number of hydrogen-bond donors (Lipinski definition) is 3. The molecule has 0 amide bonds.